The molecule has 2 bridgehead atoms. The fourth-order valence-electron chi connectivity index (χ4n) is 4.51. The van der Waals surface area contributed by atoms with Crippen LogP contribution in [0.2, 0.25) is 0 Å². The van der Waals surface area contributed by atoms with E-state index < -0.39 is 0 Å². The number of fused-ring (bicyclic) bond motifs is 1. The largest absolute Gasteiger partial charge is 0.463 e. The lowest BCUT2D eigenvalue weighted by Gasteiger charge is -2.66. The van der Waals surface area contributed by atoms with Gasteiger partial charge < -0.3 is 9.84 Å². The van der Waals surface area contributed by atoms with Crippen molar-refractivity contribution in [3.05, 3.63) is 12.2 Å². The van der Waals surface area contributed by atoms with E-state index in [1.807, 2.05) is 6.08 Å². The summed E-state index contributed by atoms with van der Waals surface area (Å²) in [5.41, 5.74) is 0.292. The molecule has 3 aliphatic rings. The Morgan fingerprint density at radius 2 is 2.06 bits per heavy atom. The van der Waals surface area contributed by atoms with Crippen molar-refractivity contribution in [2.24, 2.45) is 22.2 Å². The van der Waals surface area contributed by atoms with Gasteiger partial charge in [0.25, 0.3) is 0 Å². The molecule has 102 valence electrons. The smallest absolute Gasteiger partial charge is 0.330 e. The highest BCUT2D eigenvalue weighted by Gasteiger charge is 2.76. The molecule has 3 aliphatic carbocycles. The van der Waals surface area contributed by atoms with Gasteiger partial charge in [-0.15, -0.1) is 0 Å². The Hall–Kier alpha value is -0.830. The van der Waals surface area contributed by atoms with Crippen LogP contribution in [0.15, 0.2) is 12.2 Å². The molecule has 0 spiro atoms. The molecule has 0 radical (unpaired) electrons. The van der Waals surface area contributed by atoms with E-state index >= 15 is 0 Å². The SMILES string of the molecule is CCOC(=O)/C=C/C12CCC(C)([C@@H]1CO)C2(C)C. The third kappa shape index (κ3) is 1.37. The number of aliphatic hydroxyl groups excluding tert-OH is 1. The molecule has 3 nitrogen and oxygen atoms in total. The third-order valence-corrected chi connectivity index (χ3v) is 6.03. The minimum Gasteiger partial charge on any atom is -0.463 e. The number of aliphatic hydroxyl groups is 1. The van der Waals surface area contributed by atoms with Crippen molar-refractivity contribution < 1.29 is 14.6 Å². The zero-order valence-electron chi connectivity index (χ0n) is 11.8. The minimum absolute atomic E-state index is 0.0384. The lowest BCUT2D eigenvalue weighted by molar-refractivity contribution is -0.183. The van der Waals surface area contributed by atoms with E-state index in [9.17, 15) is 9.90 Å². The van der Waals surface area contributed by atoms with Crippen molar-refractivity contribution in [3.8, 4) is 0 Å². The van der Waals surface area contributed by atoms with Crippen molar-refractivity contribution in [3.63, 3.8) is 0 Å². The predicted octanol–water partition coefficient (Wildman–Crippen LogP) is 2.54. The van der Waals surface area contributed by atoms with E-state index in [4.69, 9.17) is 4.74 Å². The second kappa shape index (κ2) is 4.09. The number of hydrogen-bond donors (Lipinski definition) is 1. The van der Waals surface area contributed by atoms with Gasteiger partial charge in [-0.3, -0.25) is 0 Å². The third-order valence-electron chi connectivity index (χ3n) is 6.03. The number of esters is 1. The first-order valence-electron chi connectivity index (χ1n) is 6.82. The van der Waals surface area contributed by atoms with Crippen LogP contribution in [0.3, 0.4) is 0 Å². The summed E-state index contributed by atoms with van der Waals surface area (Å²) in [7, 11) is 0. The maximum atomic E-state index is 11.5. The number of carbonyl (C=O) groups excluding carboxylic acids is 1. The standard InChI is InChI=1S/C15H24O3/c1-5-18-12(17)6-7-15-9-8-14(4,11(15)10-16)13(15,2)3/h6-7,11,16H,5,8-10H2,1-4H3/b7-6+/t11-,14?,15?/m0/s1. The van der Waals surface area contributed by atoms with Crippen molar-refractivity contribution >= 4 is 5.97 Å². The molecule has 0 aromatic heterocycles. The van der Waals surface area contributed by atoms with Gasteiger partial charge in [-0.25, -0.2) is 4.79 Å². The molecule has 3 fully saturated rings. The highest BCUT2D eigenvalue weighted by Crippen LogP contribution is 2.81. The van der Waals surface area contributed by atoms with Crippen LogP contribution in [0, 0.1) is 22.2 Å². The van der Waals surface area contributed by atoms with E-state index in [1.54, 1.807) is 13.0 Å². The van der Waals surface area contributed by atoms with Crippen LogP contribution in [0.5, 0.6) is 0 Å². The molecule has 0 aromatic rings. The maximum absolute atomic E-state index is 11.5. The normalized spacial score (nSPS) is 40.8. The molecule has 0 heterocycles. The van der Waals surface area contributed by atoms with E-state index in [0.29, 0.717) is 6.61 Å². The van der Waals surface area contributed by atoms with Crippen LogP contribution in [-0.4, -0.2) is 24.3 Å². The maximum Gasteiger partial charge on any atom is 0.330 e. The van der Waals surface area contributed by atoms with E-state index in [0.717, 1.165) is 12.8 Å². The van der Waals surface area contributed by atoms with Crippen LogP contribution in [0.25, 0.3) is 0 Å². The van der Waals surface area contributed by atoms with Gasteiger partial charge in [0.05, 0.1) is 6.61 Å². The molecule has 0 aromatic carbocycles. The number of hydrogen-bond acceptors (Lipinski definition) is 3. The van der Waals surface area contributed by atoms with Crippen LogP contribution in [0.4, 0.5) is 0 Å². The molecule has 0 saturated heterocycles. The Bertz CT molecular complexity index is 385. The quantitative estimate of drug-likeness (QED) is 0.618. The monoisotopic (exact) mass is 252 g/mol. The van der Waals surface area contributed by atoms with Gasteiger partial charge in [0, 0.05) is 12.7 Å². The molecule has 3 atom stereocenters. The van der Waals surface area contributed by atoms with Gasteiger partial charge in [0.1, 0.15) is 0 Å². The van der Waals surface area contributed by atoms with Gasteiger partial charge in [-0.1, -0.05) is 26.8 Å². The minimum atomic E-state index is -0.278. The Morgan fingerprint density at radius 1 is 1.39 bits per heavy atom. The van der Waals surface area contributed by atoms with Gasteiger partial charge in [0.15, 0.2) is 0 Å². The van der Waals surface area contributed by atoms with E-state index in [1.165, 1.54) is 0 Å². The van der Waals surface area contributed by atoms with Crippen LogP contribution in [-0.2, 0) is 9.53 Å². The fraction of sp³-hybridized carbons (Fsp3) is 0.800. The first-order chi connectivity index (χ1) is 8.35. The highest BCUT2D eigenvalue weighted by molar-refractivity contribution is 5.82. The number of ether oxygens (including phenoxy) is 1. The summed E-state index contributed by atoms with van der Waals surface area (Å²) < 4.78 is 4.94. The van der Waals surface area contributed by atoms with Crippen LogP contribution < -0.4 is 0 Å². The zero-order valence-corrected chi connectivity index (χ0v) is 11.8. The number of carbonyl (C=O) groups is 1. The molecule has 1 N–H and O–H groups in total. The highest BCUT2D eigenvalue weighted by atomic mass is 16.5. The summed E-state index contributed by atoms with van der Waals surface area (Å²) in [4.78, 5) is 11.5. The zero-order chi connectivity index (χ0) is 13.6. The molecule has 3 saturated carbocycles. The molecule has 3 rings (SSSR count). The summed E-state index contributed by atoms with van der Waals surface area (Å²) >= 11 is 0. The van der Waals surface area contributed by atoms with Crippen LogP contribution >= 0.6 is 0 Å². The van der Waals surface area contributed by atoms with Gasteiger partial charge >= 0.3 is 5.97 Å². The molecular weight excluding hydrogens is 228 g/mol. The first kappa shape index (κ1) is 13.6. The lowest BCUT2D eigenvalue weighted by Crippen LogP contribution is -2.63. The van der Waals surface area contributed by atoms with Crippen molar-refractivity contribution in [1.29, 1.82) is 0 Å². The Balaban J connectivity index is 2.23. The molecule has 2 unspecified atom stereocenters. The van der Waals surface area contributed by atoms with E-state index in [-0.39, 0.29) is 34.7 Å². The molecule has 18 heavy (non-hydrogen) atoms. The average molecular weight is 252 g/mol. The summed E-state index contributed by atoms with van der Waals surface area (Å²) in [6.45, 7) is 9.18. The average Bonchev–Trinajstić information content (AvgIpc) is 2.72. The number of rotatable bonds is 4. The van der Waals surface area contributed by atoms with Gasteiger partial charge in [-0.05, 0) is 41.9 Å². The summed E-state index contributed by atoms with van der Waals surface area (Å²) in [5.74, 6) is -0.00876. The van der Waals surface area contributed by atoms with Gasteiger partial charge in [0.2, 0.25) is 0 Å². The molecule has 0 aliphatic heterocycles. The Labute approximate surface area is 109 Å². The summed E-state index contributed by atoms with van der Waals surface area (Å²) in [6, 6.07) is 0. The second-order valence-corrected chi connectivity index (χ2v) is 6.40. The molecule has 3 heteroatoms. The summed E-state index contributed by atoms with van der Waals surface area (Å²) in [6.07, 6.45) is 5.73. The molecular formula is C15H24O3. The van der Waals surface area contributed by atoms with Crippen LogP contribution in [0.1, 0.15) is 40.5 Å². The molecule has 0 amide bonds. The van der Waals surface area contributed by atoms with Crippen molar-refractivity contribution in [2.75, 3.05) is 13.2 Å². The van der Waals surface area contributed by atoms with Gasteiger partial charge in [-0.2, -0.15) is 0 Å². The number of allylic oxidation sites excluding steroid dienone is 1. The topological polar surface area (TPSA) is 46.5 Å². The predicted molar refractivity (Wildman–Crippen MR) is 69.9 cm³/mol. The van der Waals surface area contributed by atoms with Crippen molar-refractivity contribution in [2.45, 2.75) is 40.5 Å². The fourth-order valence-corrected chi connectivity index (χ4v) is 4.51. The lowest BCUT2D eigenvalue weighted by atomic mass is 9.38. The van der Waals surface area contributed by atoms with E-state index in [2.05, 4.69) is 20.8 Å². The Morgan fingerprint density at radius 3 is 2.56 bits per heavy atom. The Kier molecular flexibility index (Phi) is 3.09. The second-order valence-electron chi connectivity index (χ2n) is 6.40. The first-order valence-corrected chi connectivity index (χ1v) is 6.82. The summed E-state index contributed by atoms with van der Waals surface area (Å²) in [5, 5.41) is 9.65. The van der Waals surface area contributed by atoms with Crippen molar-refractivity contribution in [1.82, 2.24) is 0 Å².